The smallest absolute Gasteiger partial charge is 0.320 e. The van der Waals surface area contributed by atoms with Crippen molar-refractivity contribution in [1.29, 1.82) is 0 Å². The van der Waals surface area contributed by atoms with Crippen LogP contribution in [0.25, 0.3) is 0 Å². The Hall–Kier alpha value is -1.62. The number of aromatic nitrogens is 1. The molecule has 5 heteroatoms. The van der Waals surface area contributed by atoms with Gasteiger partial charge in [-0.25, -0.2) is 4.98 Å². The second kappa shape index (κ2) is 6.87. The quantitative estimate of drug-likeness (QED) is 0.905. The summed E-state index contributed by atoms with van der Waals surface area (Å²) in [7, 11) is 2.02. The number of hydrogen-bond donors (Lipinski definition) is 1. The first-order valence-corrected chi connectivity index (χ1v) is 8.74. The van der Waals surface area contributed by atoms with Gasteiger partial charge in [0.1, 0.15) is 11.9 Å². The lowest BCUT2D eigenvalue weighted by Crippen LogP contribution is -2.41. The van der Waals surface area contributed by atoms with Crippen molar-refractivity contribution in [2.24, 2.45) is 5.92 Å². The summed E-state index contributed by atoms with van der Waals surface area (Å²) < 4.78 is 0. The average Bonchev–Trinajstić information content (AvgIpc) is 2.94. The van der Waals surface area contributed by atoms with Gasteiger partial charge in [-0.1, -0.05) is 18.9 Å². The van der Waals surface area contributed by atoms with Crippen LogP contribution in [-0.2, 0) is 11.3 Å². The zero-order valence-corrected chi connectivity index (χ0v) is 14.1. The maximum Gasteiger partial charge on any atom is 0.320 e. The fourth-order valence-corrected chi connectivity index (χ4v) is 4.13. The Bertz CT molecular complexity index is 546. The molecule has 1 aromatic rings. The van der Waals surface area contributed by atoms with E-state index in [0.717, 1.165) is 30.8 Å². The topological polar surface area (TPSA) is 56.7 Å². The number of nitrogens with zero attached hydrogens (tertiary/aromatic N) is 3. The van der Waals surface area contributed by atoms with Gasteiger partial charge in [-0.2, -0.15) is 0 Å². The highest BCUT2D eigenvalue weighted by Gasteiger charge is 2.44. The van der Waals surface area contributed by atoms with E-state index in [-0.39, 0.29) is 6.04 Å². The van der Waals surface area contributed by atoms with E-state index in [0.29, 0.717) is 18.5 Å². The number of hydrogen-bond acceptors (Lipinski definition) is 4. The summed E-state index contributed by atoms with van der Waals surface area (Å²) in [6.45, 7) is 3.71. The first-order chi connectivity index (χ1) is 11.1. The van der Waals surface area contributed by atoms with Gasteiger partial charge in [0.15, 0.2) is 0 Å². The zero-order valence-electron chi connectivity index (χ0n) is 14.1. The molecular weight excluding hydrogens is 290 g/mol. The maximum absolute atomic E-state index is 11.7. The van der Waals surface area contributed by atoms with Gasteiger partial charge in [-0.3, -0.25) is 9.69 Å². The minimum absolute atomic E-state index is 0.332. The molecule has 1 saturated heterocycles. The van der Waals surface area contributed by atoms with E-state index in [9.17, 15) is 9.90 Å². The second-order valence-corrected chi connectivity index (χ2v) is 6.91. The Balaban J connectivity index is 1.75. The predicted molar refractivity (Wildman–Crippen MR) is 90.5 cm³/mol. The zero-order chi connectivity index (χ0) is 16.4. The van der Waals surface area contributed by atoms with Crippen LogP contribution in [0.2, 0.25) is 0 Å². The molecule has 2 heterocycles. The van der Waals surface area contributed by atoms with Crippen molar-refractivity contribution in [3.8, 4) is 0 Å². The summed E-state index contributed by atoms with van der Waals surface area (Å²) in [4.78, 5) is 20.5. The Morgan fingerprint density at radius 1 is 1.39 bits per heavy atom. The van der Waals surface area contributed by atoms with E-state index >= 15 is 0 Å². The van der Waals surface area contributed by atoms with Crippen molar-refractivity contribution in [3.05, 3.63) is 23.9 Å². The molecule has 0 amide bonds. The second-order valence-electron chi connectivity index (χ2n) is 6.91. The van der Waals surface area contributed by atoms with Gasteiger partial charge in [0, 0.05) is 32.4 Å². The van der Waals surface area contributed by atoms with Crippen LogP contribution < -0.4 is 4.90 Å². The Morgan fingerprint density at radius 2 is 2.17 bits per heavy atom. The fraction of sp³-hybridized carbons (Fsp3) is 0.667. The van der Waals surface area contributed by atoms with Gasteiger partial charge in [-0.15, -0.1) is 0 Å². The van der Waals surface area contributed by atoms with Crippen LogP contribution in [0, 0.1) is 5.92 Å². The van der Waals surface area contributed by atoms with Crippen LogP contribution in [0.4, 0.5) is 5.82 Å². The van der Waals surface area contributed by atoms with E-state index in [4.69, 9.17) is 0 Å². The minimum Gasteiger partial charge on any atom is -0.480 e. The number of rotatable bonds is 5. The maximum atomic E-state index is 11.7. The van der Waals surface area contributed by atoms with Crippen molar-refractivity contribution in [2.75, 3.05) is 18.5 Å². The Morgan fingerprint density at radius 3 is 2.83 bits per heavy atom. The molecule has 0 aromatic carbocycles. The number of carboxylic acids is 1. The summed E-state index contributed by atoms with van der Waals surface area (Å²) in [5, 5.41) is 9.59. The Kier molecular flexibility index (Phi) is 4.85. The number of anilines is 1. The molecule has 5 nitrogen and oxygen atoms in total. The molecular formula is C18H27N3O2. The van der Waals surface area contributed by atoms with Gasteiger partial charge in [0.2, 0.25) is 0 Å². The third-order valence-corrected chi connectivity index (χ3v) is 5.55. The molecule has 3 atom stereocenters. The lowest BCUT2D eigenvalue weighted by atomic mass is 9.84. The first-order valence-electron chi connectivity index (χ1n) is 8.74. The highest BCUT2D eigenvalue weighted by molar-refractivity contribution is 5.74. The van der Waals surface area contributed by atoms with Crippen molar-refractivity contribution in [2.45, 2.75) is 57.7 Å². The summed E-state index contributed by atoms with van der Waals surface area (Å²) in [6, 6.07) is 4.22. The lowest BCUT2D eigenvalue weighted by Gasteiger charge is -2.33. The molecule has 3 rings (SSSR count). The molecule has 1 aliphatic carbocycles. The largest absolute Gasteiger partial charge is 0.480 e. The molecule has 23 heavy (non-hydrogen) atoms. The highest BCUT2D eigenvalue weighted by atomic mass is 16.4. The van der Waals surface area contributed by atoms with Crippen LogP contribution in [0.3, 0.4) is 0 Å². The van der Waals surface area contributed by atoms with Crippen molar-refractivity contribution in [1.82, 2.24) is 9.88 Å². The van der Waals surface area contributed by atoms with Crippen molar-refractivity contribution >= 4 is 11.8 Å². The van der Waals surface area contributed by atoms with E-state index in [1.165, 1.54) is 19.3 Å². The van der Waals surface area contributed by atoms with Crippen molar-refractivity contribution < 1.29 is 9.90 Å². The number of carbonyl (C=O) groups is 1. The third-order valence-electron chi connectivity index (χ3n) is 5.55. The van der Waals surface area contributed by atoms with Gasteiger partial charge >= 0.3 is 5.97 Å². The van der Waals surface area contributed by atoms with Crippen LogP contribution in [-0.4, -0.2) is 46.6 Å². The van der Waals surface area contributed by atoms with Gasteiger partial charge < -0.3 is 10.0 Å². The summed E-state index contributed by atoms with van der Waals surface area (Å²) in [5.41, 5.74) is 1.11. The number of carboxylic acid groups (broad SMARTS) is 1. The molecule has 2 aliphatic rings. The first kappa shape index (κ1) is 16.2. The standard InChI is InChI=1S/C18H27N3O2/c1-3-20(2)17-9-8-13(11-19-17)12-21-15-7-5-4-6-14(15)10-16(21)18(22)23/h8-9,11,14-16H,3-7,10,12H2,1-2H3,(H,22,23). The monoisotopic (exact) mass is 317 g/mol. The number of aliphatic carboxylic acids is 1. The Labute approximate surface area is 138 Å². The molecule has 0 bridgehead atoms. The normalized spacial score (nSPS) is 27.7. The molecule has 0 spiro atoms. The third kappa shape index (κ3) is 3.34. The van der Waals surface area contributed by atoms with Crippen molar-refractivity contribution in [3.63, 3.8) is 0 Å². The highest BCUT2D eigenvalue weighted by Crippen LogP contribution is 2.40. The molecule has 0 radical (unpaired) electrons. The molecule has 1 aromatic heterocycles. The van der Waals surface area contributed by atoms with Crippen LogP contribution in [0.15, 0.2) is 18.3 Å². The van der Waals surface area contributed by atoms with Crippen LogP contribution in [0.5, 0.6) is 0 Å². The van der Waals surface area contributed by atoms with Gasteiger partial charge in [-0.05, 0) is 43.7 Å². The van der Waals surface area contributed by atoms with E-state index in [1.54, 1.807) is 0 Å². The van der Waals surface area contributed by atoms with Gasteiger partial charge in [0.25, 0.3) is 0 Å². The van der Waals surface area contributed by atoms with E-state index in [2.05, 4.69) is 27.8 Å². The molecule has 3 unspecified atom stereocenters. The minimum atomic E-state index is -0.672. The SMILES string of the molecule is CCN(C)c1ccc(CN2C(C(=O)O)CC3CCCCC32)cn1. The predicted octanol–water partition coefficient (Wildman–Crippen LogP) is 2.76. The number of likely N-dealkylation sites (tertiary alicyclic amines) is 1. The summed E-state index contributed by atoms with van der Waals surface area (Å²) in [6.07, 6.45) is 7.51. The summed E-state index contributed by atoms with van der Waals surface area (Å²) in [5.74, 6) is 0.848. The lowest BCUT2D eigenvalue weighted by molar-refractivity contribution is -0.142. The molecule has 1 saturated carbocycles. The number of fused-ring (bicyclic) bond motifs is 1. The molecule has 1 N–H and O–H groups in total. The molecule has 1 aliphatic heterocycles. The van der Waals surface area contributed by atoms with Gasteiger partial charge in [0.05, 0.1) is 0 Å². The summed E-state index contributed by atoms with van der Waals surface area (Å²) >= 11 is 0. The molecule has 126 valence electrons. The van der Waals surface area contributed by atoms with Crippen LogP contribution in [0.1, 0.15) is 44.6 Å². The van der Waals surface area contributed by atoms with E-state index < -0.39 is 5.97 Å². The fourth-order valence-electron chi connectivity index (χ4n) is 4.13. The van der Waals surface area contributed by atoms with E-state index in [1.807, 2.05) is 19.3 Å². The molecule has 2 fully saturated rings. The number of pyridine rings is 1. The van der Waals surface area contributed by atoms with Crippen LogP contribution >= 0.6 is 0 Å². The average molecular weight is 317 g/mol.